The Morgan fingerprint density at radius 2 is 2.18 bits per heavy atom. The van der Waals surface area contributed by atoms with Gasteiger partial charge in [0.15, 0.2) is 5.13 Å². The molecule has 1 amide bonds. The molecule has 0 saturated heterocycles. The minimum Gasteiger partial charge on any atom is -0.298 e. The number of anilines is 1. The summed E-state index contributed by atoms with van der Waals surface area (Å²) in [6.45, 7) is 0. The van der Waals surface area contributed by atoms with Gasteiger partial charge >= 0.3 is 0 Å². The monoisotopic (exact) mass is 378 g/mol. The number of rotatable bonds is 2. The fourth-order valence-electron chi connectivity index (χ4n) is 1.15. The lowest BCUT2D eigenvalue weighted by Gasteiger charge is -2.03. The molecule has 3 nitrogen and oxygen atoms in total. The molecular weight excluding hydrogens is 375 g/mol. The summed E-state index contributed by atoms with van der Waals surface area (Å²) in [5.74, 6) is -0.732. The highest BCUT2D eigenvalue weighted by Gasteiger charge is 2.12. The van der Waals surface area contributed by atoms with E-state index in [4.69, 9.17) is 0 Å². The standard InChI is InChI=1S/C10H5Br2FN2OS/c11-7-3-5(13)1-2-6(7)9(16)15-10-14-4-8(12)17-10/h1-4H,(H,14,15,16). The zero-order valence-electron chi connectivity index (χ0n) is 8.21. The van der Waals surface area contributed by atoms with E-state index in [0.717, 1.165) is 3.79 Å². The molecule has 7 heteroatoms. The molecule has 0 fully saturated rings. The zero-order valence-corrected chi connectivity index (χ0v) is 12.2. The Labute approximate surface area is 117 Å². The summed E-state index contributed by atoms with van der Waals surface area (Å²) in [5, 5.41) is 3.11. The largest absolute Gasteiger partial charge is 0.298 e. The van der Waals surface area contributed by atoms with Crippen molar-refractivity contribution in [2.45, 2.75) is 0 Å². The Morgan fingerprint density at radius 1 is 1.41 bits per heavy atom. The number of aromatic nitrogens is 1. The van der Waals surface area contributed by atoms with Crippen LogP contribution in [-0.2, 0) is 0 Å². The molecule has 0 aliphatic heterocycles. The number of benzene rings is 1. The highest BCUT2D eigenvalue weighted by atomic mass is 79.9. The summed E-state index contributed by atoms with van der Waals surface area (Å²) < 4.78 is 14.1. The molecule has 2 rings (SSSR count). The minimum absolute atomic E-state index is 0.335. The van der Waals surface area contributed by atoms with Crippen LogP contribution in [0.25, 0.3) is 0 Å². The van der Waals surface area contributed by atoms with Crippen molar-refractivity contribution in [1.29, 1.82) is 0 Å². The van der Waals surface area contributed by atoms with Gasteiger partial charge in [0.2, 0.25) is 0 Å². The Morgan fingerprint density at radius 3 is 2.76 bits per heavy atom. The van der Waals surface area contributed by atoms with Gasteiger partial charge < -0.3 is 0 Å². The minimum atomic E-state index is -0.398. The number of carbonyl (C=O) groups is 1. The molecule has 1 heterocycles. The molecule has 0 aliphatic carbocycles. The van der Waals surface area contributed by atoms with E-state index < -0.39 is 5.82 Å². The summed E-state index contributed by atoms with van der Waals surface area (Å²) in [6, 6.07) is 3.89. The van der Waals surface area contributed by atoms with Crippen LogP contribution in [0.5, 0.6) is 0 Å². The SMILES string of the molecule is O=C(Nc1ncc(Br)s1)c1ccc(F)cc1Br. The lowest BCUT2D eigenvalue weighted by molar-refractivity contribution is 0.102. The quantitative estimate of drug-likeness (QED) is 0.854. The van der Waals surface area contributed by atoms with Crippen molar-refractivity contribution in [3.05, 3.63) is 44.0 Å². The van der Waals surface area contributed by atoms with Crippen LogP contribution < -0.4 is 5.32 Å². The average molecular weight is 380 g/mol. The van der Waals surface area contributed by atoms with Gasteiger partial charge in [0, 0.05) is 4.47 Å². The molecule has 1 N–H and O–H groups in total. The summed E-state index contributed by atoms with van der Waals surface area (Å²) in [5.41, 5.74) is 0.359. The molecule has 2 aromatic rings. The third-order valence-electron chi connectivity index (χ3n) is 1.87. The van der Waals surface area contributed by atoms with Crippen LogP contribution >= 0.6 is 43.2 Å². The van der Waals surface area contributed by atoms with Gasteiger partial charge in [0.1, 0.15) is 5.82 Å². The molecule has 17 heavy (non-hydrogen) atoms. The zero-order chi connectivity index (χ0) is 12.4. The number of halogens is 3. The molecule has 0 atom stereocenters. The maximum atomic E-state index is 12.9. The van der Waals surface area contributed by atoms with Crippen molar-refractivity contribution in [2.24, 2.45) is 0 Å². The van der Waals surface area contributed by atoms with Gasteiger partial charge in [-0.1, -0.05) is 11.3 Å². The highest BCUT2D eigenvalue weighted by Crippen LogP contribution is 2.25. The Bertz CT molecular complexity index is 573. The number of nitrogens with one attached hydrogen (secondary N) is 1. The number of thiazole rings is 1. The predicted molar refractivity (Wildman–Crippen MR) is 71.9 cm³/mol. The fourth-order valence-corrected chi connectivity index (χ4v) is 2.78. The van der Waals surface area contributed by atoms with Crippen molar-refractivity contribution in [2.75, 3.05) is 5.32 Å². The first-order valence-corrected chi connectivity index (χ1v) is 6.84. The average Bonchev–Trinajstić information content (AvgIpc) is 2.63. The van der Waals surface area contributed by atoms with E-state index in [9.17, 15) is 9.18 Å². The second-order valence-corrected chi connectivity index (χ2v) is 6.31. The molecule has 0 bridgehead atoms. The third kappa shape index (κ3) is 3.11. The molecule has 0 radical (unpaired) electrons. The van der Waals surface area contributed by atoms with Crippen molar-refractivity contribution in [1.82, 2.24) is 4.98 Å². The van der Waals surface area contributed by atoms with E-state index >= 15 is 0 Å². The molecule has 1 aromatic carbocycles. The summed E-state index contributed by atoms with van der Waals surface area (Å²) in [6.07, 6.45) is 1.60. The van der Waals surface area contributed by atoms with Crippen molar-refractivity contribution < 1.29 is 9.18 Å². The summed E-state index contributed by atoms with van der Waals surface area (Å²) in [4.78, 5) is 15.8. The highest BCUT2D eigenvalue weighted by molar-refractivity contribution is 9.11. The van der Waals surface area contributed by atoms with Crippen LogP contribution in [0.3, 0.4) is 0 Å². The van der Waals surface area contributed by atoms with Gasteiger partial charge in [-0.3, -0.25) is 10.1 Å². The maximum Gasteiger partial charge on any atom is 0.258 e. The van der Waals surface area contributed by atoms with Crippen molar-refractivity contribution in [3.8, 4) is 0 Å². The molecule has 1 aromatic heterocycles. The topological polar surface area (TPSA) is 42.0 Å². The molecule has 0 aliphatic rings. The Balaban J connectivity index is 2.20. The summed E-state index contributed by atoms with van der Waals surface area (Å²) in [7, 11) is 0. The first kappa shape index (κ1) is 12.7. The third-order valence-corrected chi connectivity index (χ3v) is 3.92. The lowest BCUT2D eigenvalue weighted by Crippen LogP contribution is -2.12. The number of hydrogen-bond donors (Lipinski definition) is 1. The van der Waals surface area contributed by atoms with E-state index in [1.54, 1.807) is 6.20 Å². The first-order valence-electron chi connectivity index (χ1n) is 4.44. The van der Waals surface area contributed by atoms with Crippen molar-refractivity contribution in [3.63, 3.8) is 0 Å². The van der Waals surface area contributed by atoms with Gasteiger partial charge in [0.25, 0.3) is 5.91 Å². The van der Waals surface area contributed by atoms with E-state index in [2.05, 4.69) is 42.2 Å². The lowest BCUT2D eigenvalue weighted by atomic mass is 10.2. The van der Waals surface area contributed by atoms with Gasteiger partial charge in [0.05, 0.1) is 15.5 Å². The van der Waals surface area contributed by atoms with Crippen LogP contribution in [0.15, 0.2) is 32.7 Å². The van der Waals surface area contributed by atoms with Crippen LogP contribution in [0.1, 0.15) is 10.4 Å². The van der Waals surface area contributed by atoms with Crippen LogP contribution in [0.2, 0.25) is 0 Å². The van der Waals surface area contributed by atoms with Gasteiger partial charge in [-0.25, -0.2) is 9.37 Å². The molecular formula is C10H5Br2FN2OS. The fraction of sp³-hybridized carbons (Fsp3) is 0. The van der Waals surface area contributed by atoms with E-state index in [1.807, 2.05) is 0 Å². The number of nitrogens with zero attached hydrogens (tertiary/aromatic N) is 1. The van der Waals surface area contributed by atoms with E-state index in [0.29, 0.717) is 15.2 Å². The number of hydrogen-bond acceptors (Lipinski definition) is 3. The maximum absolute atomic E-state index is 12.9. The van der Waals surface area contributed by atoms with Gasteiger partial charge in [-0.2, -0.15) is 0 Å². The molecule has 0 unspecified atom stereocenters. The number of amides is 1. The predicted octanol–water partition coefficient (Wildman–Crippen LogP) is 4.06. The van der Waals surface area contributed by atoms with Crippen LogP contribution in [0, 0.1) is 5.82 Å². The van der Waals surface area contributed by atoms with Crippen molar-refractivity contribution >= 4 is 54.2 Å². The van der Waals surface area contributed by atoms with Crippen LogP contribution in [0.4, 0.5) is 9.52 Å². The second kappa shape index (κ2) is 5.24. The Kier molecular flexibility index (Phi) is 3.90. The van der Waals surface area contributed by atoms with E-state index in [-0.39, 0.29) is 5.91 Å². The molecule has 0 saturated carbocycles. The van der Waals surface area contributed by atoms with Gasteiger partial charge in [-0.15, -0.1) is 0 Å². The molecule has 88 valence electrons. The van der Waals surface area contributed by atoms with Gasteiger partial charge in [-0.05, 0) is 50.1 Å². The second-order valence-electron chi connectivity index (χ2n) is 3.05. The smallest absolute Gasteiger partial charge is 0.258 e. The van der Waals surface area contributed by atoms with Crippen LogP contribution in [-0.4, -0.2) is 10.9 Å². The van der Waals surface area contributed by atoms with E-state index in [1.165, 1.54) is 29.5 Å². The normalized spacial score (nSPS) is 10.3. The first-order chi connectivity index (χ1) is 8.06. The number of carbonyl (C=O) groups excluding carboxylic acids is 1. The molecule has 0 spiro atoms. The Hall–Kier alpha value is -0.790. The summed E-state index contributed by atoms with van der Waals surface area (Å²) >= 11 is 7.69.